The summed E-state index contributed by atoms with van der Waals surface area (Å²) in [5.74, 6) is 1.87. The Labute approximate surface area is 150 Å². The Morgan fingerprint density at radius 2 is 2.04 bits per heavy atom. The predicted octanol–water partition coefficient (Wildman–Crippen LogP) is 0.925. The zero-order valence-corrected chi connectivity index (χ0v) is 14.6. The second-order valence-corrected chi connectivity index (χ2v) is 5.94. The van der Waals surface area contributed by atoms with Gasteiger partial charge in [0.05, 0.1) is 18.3 Å². The molecule has 26 heavy (non-hydrogen) atoms. The van der Waals surface area contributed by atoms with Crippen molar-refractivity contribution in [1.82, 2.24) is 30.2 Å². The van der Waals surface area contributed by atoms with Gasteiger partial charge in [-0.3, -0.25) is 0 Å². The summed E-state index contributed by atoms with van der Waals surface area (Å²) in [5, 5.41) is 15.8. The minimum Gasteiger partial charge on any atom is -0.497 e. The van der Waals surface area contributed by atoms with Gasteiger partial charge in [0.25, 0.3) is 0 Å². The number of methoxy groups -OCH3 is 1. The molecule has 2 aromatic carbocycles. The van der Waals surface area contributed by atoms with Crippen molar-refractivity contribution >= 4 is 35.8 Å². The fourth-order valence-electron chi connectivity index (χ4n) is 2.71. The van der Waals surface area contributed by atoms with Gasteiger partial charge >= 0.3 is 0 Å². The van der Waals surface area contributed by atoms with Gasteiger partial charge in [-0.2, -0.15) is 4.68 Å². The van der Waals surface area contributed by atoms with E-state index in [9.17, 15) is 0 Å². The van der Waals surface area contributed by atoms with Gasteiger partial charge in [0.1, 0.15) is 13.6 Å². The van der Waals surface area contributed by atoms with E-state index in [-0.39, 0.29) is 0 Å². The van der Waals surface area contributed by atoms with Gasteiger partial charge in [-0.15, -0.1) is 5.10 Å². The third-order valence-corrected chi connectivity index (χ3v) is 3.99. The average molecular weight is 345 g/mol. The first-order valence-electron chi connectivity index (χ1n) is 8.07. The molecule has 8 nitrogen and oxygen atoms in total. The molecule has 2 heterocycles. The molecule has 128 valence electrons. The van der Waals surface area contributed by atoms with Crippen LogP contribution in [0.4, 0.5) is 11.6 Å². The largest absolute Gasteiger partial charge is 0.497 e. The molecule has 4 rings (SSSR count). The van der Waals surface area contributed by atoms with Gasteiger partial charge in [-0.05, 0) is 29.5 Å². The van der Waals surface area contributed by atoms with Crippen molar-refractivity contribution in [3.63, 3.8) is 0 Å². The fraction of sp³-hybridized carbons (Fsp3) is 0.118. The van der Waals surface area contributed by atoms with E-state index < -0.39 is 0 Å². The van der Waals surface area contributed by atoms with Gasteiger partial charge in [-0.25, -0.2) is 9.97 Å². The quantitative estimate of drug-likeness (QED) is 0.550. The molecule has 0 saturated carbocycles. The number of nitrogens with one attached hydrogen (secondary N) is 1. The molecule has 0 fully saturated rings. The van der Waals surface area contributed by atoms with Crippen molar-refractivity contribution in [3.8, 4) is 11.4 Å². The topological polar surface area (TPSA) is 90.6 Å². The molecule has 0 spiro atoms. The number of nitrogens with zero attached hydrogens (tertiary/aromatic N) is 6. The van der Waals surface area contributed by atoms with E-state index in [4.69, 9.17) is 4.74 Å². The highest BCUT2D eigenvalue weighted by molar-refractivity contribution is 6.33. The first-order valence-corrected chi connectivity index (χ1v) is 8.07. The molecule has 4 aromatic rings. The first kappa shape index (κ1) is 16.0. The number of hydrogen-bond donors (Lipinski definition) is 1. The Bertz CT molecular complexity index is 1100. The zero-order valence-electron chi connectivity index (χ0n) is 14.6. The molecule has 0 radical (unpaired) electrons. The molecule has 9 heteroatoms. The van der Waals surface area contributed by atoms with E-state index in [2.05, 4.69) is 36.9 Å². The lowest BCUT2D eigenvalue weighted by molar-refractivity contribution is 0.414. The van der Waals surface area contributed by atoms with Crippen LogP contribution in [0, 0.1) is 6.92 Å². The molecule has 2 aromatic heterocycles. The summed E-state index contributed by atoms with van der Waals surface area (Å²) in [4.78, 5) is 8.97. The summed E-state index contributed by atoms with van der Waals surface area (Å²) < 4.78 is 7.03. The lowest BCUT2D eigenvalue weighted by Gasteiger charge is -2.11. The number of tetrazole rings is 1. The summed E-state index contributed by atoms with van der Waals surface area (Å²) in [6.45, 7) is 1.83. The Balaban J connectivity index is 1.71. The number of fused-ring (bicyclic) bond motifs is 1. The maximum absolute atomic E-state index is 5.39. The van der Waals surface area contributed by atoms with Crippen molar-refractivity contribution in [2.45, 2.75) is 6.92 Å². The van der Waals surface area contributed by atoms with Crippen molar-refractivity contribution < 1.29 is 4.74 Å². The number of hydrogen-bond acceptors (Lipinski definition) is 7. The normalized spacial score (nSPS) is 10.8. The molecule has 0 bridgehead atoms. The molecule has 0 aliphatic carbocycles. The van der Waals surface area contributed by atoms with E-state index >= 15 is 0 Å². The van der Waals surface area contributed by atoms with E-state index in [0.29, 0.717) is 17.5 Å². The number of ether oxygens (including phenoxy) is 1. The molecular formula is C17H16BN7O. The SMILES string of the molecule is Bc1ccc2nc(Nc3cc(OC)cc(-n4nnnc4C)c3)ncc2c1. The smallest absolute Gasteiger partial charge is 0.227 e. The standard InChI is InChI=1S/C17H16BN7O/c1-10-22-23-24-25(10)14-6-13(7-15(8-14)26-2)20-17-19-9-11-5-12(18)3-4-16(11)21-17/h3-9H,18H2,1-2H3,(H,19,20,21). The third-order valence-electron chi connectivity index (χ3n) is 3.99. The summed E-state index contributed by atoms with van der Waals surface area (Å²) >= 11 is 0. The minimum absolute atomic E-state index is 0.508. The van der Waals surface area contributed by atoms with E-state index in [1.165, 1.54) is 5.46 Å². The number of aromatic nitrogens is 6. The number of anilines is 2. The molecule has 0 atom stereocenters. The summed E-state index contributed by atoms with van der Waals surface area (Å²) in [7, 11) is 3.66. The van der Waals surface area contributed by atoms with Gasteiger partial charge in [0.2, 0.25) is 5.95 Å². The Morgan fingerprint density at radius 1 is 1.15 bits per heavy atom. The Morgan fingerprint density at radius 3 is 2.81 bits per heavy atom. The van der Waals surface area contributed by atoms with Crippen LogP contribution >= 0.6 is 0 Å². The van der Waals surface area contributed by atoms with E-state index in [1.54, 1.807) is 11.8 Å². The highest BCUT2D eigenvalue weighted by atomic mass is 16.5. The van der Waals surface area contributed by atoms with Crippen LogP contribution in [0.25, 0.3) is 16.6 Å². The lowest BCUT2D eigenvalue weighted by Crippen LogP contribution is -2.04. The van der Waals surface area contributed by atoms with E-state index in [0.717, 1.165) is 22.3 Å². The van der Waals surface area contributed by atoms with Gasteiger partial charge in [0, 0.05) is 29.4 Å². The summed E-state index contributed by atoms with van der Waals surface area (Å²) in [6, 6.07) is 11.7. The van der Waals surface area contributed by atoms with Gasteiger partial charge in [0.15, 0.2) is 5.82 Å². The monoisotopic (exact) mass is 345 g/mol. The predicted molar refractivity (Wildman–Crippen MR) is 101 cm³/mol. The van der Waals surface area contributed by atoms with Crippen LogP contribution in [0.3, 0.4) is 0 Å². The number of rotatable bonds is 4. The van der Waals surface area contributed by atoms with Gasteiger partial charge in [-0.1, -0.05) is 17.6 Å². The maximum Gasteiger partial charge on any atom is 0.227 e. The summed E-state index contributed by atoms with van der Waals surface area (Å²) in [5.41, 5.74) is 3.62. The Hall–Kier alpha value is -3.49. The van der Waals surface area contributed by atoms with E-state index in [1.807, 2.05) is 51.3 Å². The van der Waals surface area contributed by atoms with Crippen LogP contribution in [0.2, 0.25) is 0 Å². The molecule has 0 saturated heterocycles. The first-order chi connectivity index (χ1) is 12.6. The van der Waals surface area contributed by atoms with Crippen molar-refractivity contribution in [2.24, 2.45) is 0 Å². The average Bonchev–Trinajstić information content (AvgIpc) is 3.07. The second kappa shape index (κ2) is 6.43. The van der Waals surface area contributed by atoms with Crippen molar-refractivity contribution in [3.05, 3.63) is 48.4 Å². The molecule has 1 N–H and O–H groups in total. The van der Waals surface area contributed by atoms with Crippen LogP contribution in [0.15, 0.2) is 42.6 Å². The molecular weight excluding hydrogens is 329 g/mol. The third kappa shape index (κ3) is 3.06. The maximum atomic E-state index is 5.39. The van der Waals surface area contributed by atoms with Gasteiger partial charge < -0.3 is 10.1 Å². The summed E-state index contributed by atoms with van der Waals surface area (Å²) in [6.07, 6.45) is 1.81. The lowest BCUT2D eigenvalue weighted by atomic mass is 9.95. The molecule has 0 amide bonds. The highest BCUT2D eigenvalue weighted by Gasteiger charge is 2.09. The van der Waals surface area contributed by atoms with Crippen LogP contribution < -0.4 is 15.5 Å². The Kier molecular flexibility index (Phi) is 3.96. The number of aryl methyl sites for hydroxylation is 1. The van der Waals surface area contributed by atoms with Crippen LogP contribution in [0.5, 0.6) is 5.75 Å². The van der Waals surface area contributed by atoms with Crippen LogP contribution in [-0.2, 0) is 0 Å². The van der Waals surface area contributed by atoms with Crippen LogP contribution in [-0.4, -0.2) is 45.1 Å². The molecule has 0 unspecified atom stereocenters. The minimum atomic E-state index is 0.508. The highest BCUT2D eigenvalue weighted by Crippen LogP contribution is 2.25. The molecule has 0 aliphatic heterocycles. The van der Waals surface area contributed by atoms with Crippen LogP contribution in [0.1, 0.15) is 5.82 Å². The van der Waals surface area contributed by atoms with Crippen molar-refractivity contribution in [1.29, 1.82) is 0 Å². The molecule has 0 aliphatic rings. The number of benzene rings is 2. The zero-order chi connectivity index (χ0) is 18.1. The second-order valence-electron chi connectivity index (χ2n) is 5.94. The fourth-order valence-corrected chi connectivity index (χ4v) is 2.71. The van der Waals surface area contributed by atoms with Crippen molar-refractivity contribution in [2.75, 3.05) is 12.4 Å².